The fourth-order valence-corrected chi connectivity index (χ4v) is 1.94. The Balaban J connectivity index is 2.09. The summed E-state index contributed by atoms with van der Waals surface area (Å²) in [6, 6.07) is 1.87. The van der Waals surface area contributed by atoms with Crippen molar-refractivity contribution in [3.8, 4) is 6.07 Å². The third-order valence-electron chi connectivity index (χ3n) is 2.55. The smallest absolute Gasteiger partial charge is 0.152 e. The van der Waals surface area contributed by atoms with E-state index in [1.54, 1.807) is 0 Å². The third kappa shape index (κ3) is 2.91. The summed E-state index contributed by atoms with van der Waals surface area (Å²) in [6.45, 7) is 0. The Bertz CT molecular complexity index is 174. The van der Waals surface area contributed by atoms with Crippen molar-refractivity contribution in [1.82, 2.24) is 0 Å². The van der Waals surface area contributed by atoms with Crippen LogP contribution in [0, 0.1) is 17.2 Å². The summed E-state index contributed by atoms with van der Waals surface area (Å²) < 4.78 is 0.119. The molecule has 0 aromatic heterocycles. The number of nitriles is 1. The van der Waals surface area contributed by atoms with Gasteiger partial charge in [0, 0.05) is 0 Å². The Morgan fingerprint density at radius 1 is 1.58 bits per heavy atom. The van der Waals surface area contributed by atoms with Crippen LogP contribution < -0.4 is 0 Å². The average Bonchev–Trinajstić information content (AvgIpc) is 2.00. The first-order chi connectivity index (χ1) is 5.74. The lowest BCUT2D eigenvalue weighted by atomic mass is 9.81. The van der Waals surface area contributed by atoms with E-state index in [-0.39, 0.29) is 3.92 Å². The first-order valence-corrected chi connectivity index (χ1v) is 5.70. The van der Waals surface area contributed by atoms with E-state index >= 15 is 0 Å². The number of nitrogens with zero attached hydrogens (tertiary/aromatic N) is 1. The molecule has 1 rings (SSSR count). The van der Waals surface area contributed by atoms with E-state index in [1.807, 2.05) is 6.07 Å². The van der Waals surface area contributed by atoms with Gasteiger partial charge in [0.2, 0.25) is 0 Å². The monoisotopic (exact) mass is 279 g/mol. The highest BCUT2D eigenvalue weighted by Gasteiger charge is 2.21. The van der Waals surface area contributed by atoms with Gasteiger partial charge in [-0.1, -0.05) is 41.9 Å². The lowest BCUT2D eigenvalue weighted by molar-refractivity contribution is 0.214. The summed E-state index contributed by atoms with van der Waals surface area (Å²) >= 11 is 2.17. The Kier molecular flexibility index (Phi) is 4.30. The van der Waals surface area contributed by atoms with E-state index in [9.17, 15) is 0 Å². The molecule has 1 aliphatic carbocycles. The van der Waals surface area contributed by atoms with Gasteiger partial charge in [0.15, 0.2) is 6.10 Å². The molecule has 2 unspecified atom stereocenters. The van der Waals surface area contributed by atoms with Crippen molar-refractivity contribution < 1.29 is 5.11 Å². The van der Waals surface area contributed by atoms with Gasteiger partial charge in [-0.15, -0.1) is 0 Å². The highest BCUT2D eigenvalue weighted by Crippen LogP contribution is 2.32. The molecule has 0 radical (unpaired) electrons. The van der Waals surface area contributed by atoms with Gasteiger partial charge >= 0.3 is 0 Å². The van der Waals surface area contributed by atoms with Crippen LogP contribution in [0.2, 0.25) is 0 Å². The van der Waals surface area contributed by atoms with Crippen LogP contribution in [0.15, 0.2) is 0 Å². The van der Waals surface area contributed by atoms with Crippen molar-refractivity contribution in [2.75, 3.05) is 0 Å². The molecule has 0 bridgehead atoms. The van der Waals surface area contributed by atoms with Crippen LogP contribution in [0.4, 0.5) is 0 Å². The van der Waals surface area contributed by atoms with Crippen molar-refractivity contribution in [1.29, 1.82) is 5.26 Å². The number of rotatable bonds is 4. The minimum Gasteiger partial charge on any atom is -0.377 e. The molecule has 2 nitrogen and oxygen atoms in total. The molecule has 1 N–H and O–H groups in total. The molecule has 1 saturated carbocycles. The van der Waals surface area contributed by atoms with Crippen molar-refractivity contribution >= 4 is 22.6 Å². The minimum atomic E-state index is -0.773. The Morgan fingerprint density at radius 2 is 2.25 bits per heavy atom. The molecule has 0 aromatic rings. The summed E-state index contributed by atoms with van der Waals surface area (Å²) in [5.74, 6) is 0.883. The summed E-state index contributed by atoms with van der Waals surface area (Å²) in [4.78, 5) is 0. The molecule has 3 heteroatoms. The molecule has 12 heavy (non-hydrogen) atoms. The molecule has 2 atom stereocenters. The van der Waals surface area contributed by atoms with E-state index in [2.05, 4.69) is 22.6 Å². The van der Waals surface area contributed by atoms with Crippen molar-refractivity contribution in [2.24, 2.45) is 5.92 Å². The van der Waals surface area contributed by atoms with Crippen LogP contribution in [0.25, 0.3) is 0 Å². The summed E-state index contributed by atoms with van der Waals surface area (Å²) in [5.41, 5.74) is 0. The topological polar surface area (TPSA) is 44.0 Å². The summed E-state index contributed by atoms with van der Waals surface area (Å²) in [7, 11) is 0. The second-order valence-corrected chi connectivity index (χ2v) is 5.06. The first-order valence-electron chi connectivity index (χ1n) is 4.46. The van der Waals surface area contributed by atoms with Crippen LogP contribution in [0.3, 0.4) is 0 Å². The second kappa shape index (κ2) is 5.03. The molecular weight excluding hydrogens is 265 g/mol. The zero-order valence-electron chi connectivity index (χ0n) is 7.04. The third-order valence-corrected chi connectivity index (χ3v) is 3.85. The van der Waals surface area contributed by atoms with Gasteiger partial charge in [-0.3, -0.25) is 0 Å². The van der Waals surface area contributed by atoms with Crippen molar-refractivity contribution in [2.45, 2.75) is 42.1 Å². The zero-order valence-corrected chi connectivity index (χ0v) is 9.20. The largest absolute Gasteiger partial charge is 0.377 e. The Morgan fingerprint density at radius 3 is 2.67 bits per heavy atom. The van der Waals surface area contributed by atoms with Gasteiger partial charge in [-0.05, 0) is 18.8 Å². The zero-order chi connectivity index (χ0) is 8.97. The van der Waals surface area contributed by atoms with E-state index in [0.29, 0.717) is 0 Å². The minimum absolute atomic E-state index is 0.119. The highest BCUT2D eigenvalue weighted by atomic mass is 127. The number of halogens is 1. The predicted octanol–water partition coefficient (Wildman–Crippen LogP) is 2.25. The molecule has 0 aliphatic heterocycles. The number of aliphatic hydroxyl groups is 1. The average molecular weight is 279 g/mol. The van der Waals surface area contributed by atoms with Gasteiger partial charge in [-0.2, -0.15) is 5.26 Å². The Labute approximate surface area is 87.1 Å². The maximum absolute atomic E-state index is 9.16. The predicted molar refractivity (Wildman–Crippen MR) is 56.0 cm³/mol. The summed E-state index contributed by atoms with van der Waals surface area (Å²) in [5, 5.41) is 17.6. The quantitative estimate of drug-likeness (QED) is 0.487. The van der Waals surface area contributed by atoms with Crippen LogP contribution in [-0.4, -0.2) is 15.1 Å². The van der Waals surface area contributed by atoms with Gasteiger partial charge in [-0.25, -0.2) is 0 Å². The number of alkyl halides is 1. The van der Waals surface area contributed by atoms with Crippen LogP contribution >= 0.6 is 22.6 Å². The molecule has 0 saturated heterocycles. The lowest BCUT2D eigenvalue weighted by Crippen LogP contribution is -2.20. The molecule has 0 spiro atoms. The fraction of sp³-hybridized carbons (Fsp3) is 0.889. The van der Waals surface area contributed by atoms with Gasteiger partial charge < -0.3 is 5.11 Å². The molecule has 68 valence electrons. The number of aliphatic hydroxyl groups excluding tert-OH is 1. The van der Waals surface area contributed by atoms with Crippen LogP contribution in [0.5, 0.6) is 0 Å². The molecule has 1 fully saturated rings. The van der Waals surface area contributed by atoms with Crippen LogP contribution in [-0.2, 0) is 0 Å². The maximum atomic E-state index is 9.16. The number of hydrogen-bond donors (Lipinski definition) is 1. The maximum Gasteiger partial charge on any atom is 0.152 e. The first kappa shape index (κ1) is 10.3. The molecule has 0 aromatic carbocycles. The second-order valence-electron chi connectivity index (χ2n) is 3.46. The summed E-state index contributed by atoms with van der Waals surface area (Å²) in [6.07, 6.45) is 5.48. The van der Waals surface area contributed by atoms with Crippen molar-refractivity contribution in [3.63, 3.8) is 0 Å². The van der Waals surface area contributed by atoms with E-state index in [0.717, 1.165) is 12.3 Å². The van der Waals surface area contributed by atoms with Gasteiger partial charge in [0.05, 0.1) is 9.99 Å². The SMILES string of the molecule is N#CC(O)C(I)CCC1CCC1. The Hall–Kier alpha value is 0.180. The van der Waals surface area contributed by atoms with Gasteiger partial charge in [0.1, 0.15) is 0 Å². The van der Waals surface area contributed by atoms with Gasteiger partial charge in [0.25, 0.3) is 0 Å². The highest BCUT2D eigenvalue weighted by molar-refractivity contribution is 14.1. The van der Waals surface area contributed by atoms with E-state index < -0.39 is 6.10 Å². The van der Waals surface area contributed by atoms with Crippen LogP contribution in [0.1, 0.15) is 32.1 Å². The normalized spacial score (nSPS) is 22.4. The number of hydrogen-bond acceptors (Lipinski definition) is 2. The molecule has 0 amide bonds. The molecule has 0 heterocycles. The van der Waals surface area contributed by atoms with E-state index in [4.69, 9.17) is 10.4 Å². The molecule has 1 aliphatic rings. The fourth-order valence-electron chi connectivity index (χ4n) is 1.42. The van der Waals surface area contributed by atoms with E-state index in [1.165, 1.54) is 25.7 Å². The van der Waals surface area contributed by atoms with Crippen molar-refractivity contribution in [3.05, 3.63) is 0 Å². The lowest BCUT2D eigenvalue weighted by Gasteiger charge is -2.26. The molecular formula is C9H14INO. The standard InChI is InChI=1S/C9H14INO/c10-8(9(12)6-11)5-4-7-2-1-3-7/h7-9,12H,1-5H2.